The van der Waals surface area contributed by atoms with E-state index in [9.17, 15) is 0 Å². The minimum absolute atomic E-state index is 0. The van der Waals surface area contributed by atoms with Crippen LogP contribution in [-0.2, 0) is 5.75 Å². The Hall–Kier alpha value is -0.560. The molecule has 0 bridgehead atoms. The van der Waals surface area contributed by atoms with Gasteiger partial charge in [0.25, 0.3) is 5.22 Å². The van der Waals surface area contributed by atoms with Gasteiger partial charge < -0.3 is 9.73 Å². The second-order valence-corrected chi connectivity index (χ2v) is 6.31. The Morgan fingerprint density at radius 3 is 2.80 bits per heavy atom. The monoisotopic (exact) mass is 375 g/mol. The summed E-state index contributed by atoms with van der Waals surface area (Å²) in [4.78, 5) is 0. The van der Waals surface area contributed by atoms with Gasteiger partial charge in [-0.25, -0.2) is 0 Å². The van der Waals surface area contributed by atoms with E-state index in [-0.39, 0.29) is 18.4 Å². The van der Waals surface area contributed by atoms with Gasteiger partial charge in [-0.1, -0.05) is 39.8 Å². The quantitative estimate of drug-likeness (QED) is 0.818. The highest BCUT2D eigenvalue weighted by atomic mass is 79.9. The highest BCUT2D eigenvalue weighted by molar-refractivity contribution is 9.10. The summed E-state index contributed by atoms with van der Waals surface area (Å²) in [6, 6.07) is 8.50. The molecule has 1 aliphatic heterocycles. The van der Waals surface area contributed by atoms with Crippen LogP contribution in [0, 0.1) is 0 Å². The van der Waals surface area contributed by atoms with Gasteiger partial charge in [-0.15, -0.1) is 22.6 Å². The van der Waals surface area contributed by atoms with E-state index >= 15 is 0 Å². The van der Waals surface area contributed by atoms with E-state index in [2.05, 4.69) is 43.6 Å². The Bertz CT molecular complexity index is 543. The van der Waals surface area contributed by atoms with E-state index in [4.69, 9.17) is 4.42 Å². The molecule has 1 N–H and O–H groups in total. The van der Waals surface area contributed by atoms with Gasteiger partial charge >= 0.3 is 0 Å². The van der Waals surface area contributed by atoms with Crippen LogP contribution in [0.4, 0.5) is 0 Å². The maximum atomic E-state index is 5.68. The van der Waals surface area contributed by atoms with Gasteiger partial charge in [0, 0.05) is 10.2 Å². The Morgan fingerprint density at radius 2 is 2.10 bits per heavy atom. The van der Waals surface area contributed by atoms with Crippen molar-refractivity contribution in [2.75, 3.05) is 6.54 Å². The largest absolute Gasteiger partial charge is 0.414 e. The Morgan fingerprint density at radius 1 is 1.30 bits per heavy atom. The average Bonchev–Trinajstić information content (AvgIpc) is 3.09. The molecule has 2 heterocycles. The van der Waals surface area contributed by atoms with Crippen LogP contribution in [0.5, 0.6) is 0 Å². The Balaban J connectivity index is 0.00000147. The summed E-state index contributed by atoms with van der Waals surface area (Å²) >= 11 is 5.00. The maximum Gasteiger partial charge on any atom is 0.276 e. The number of aromatic nitrogens is 2. The molecule has 1 atom stereocenters. The molecule has 0 aliphatic carbocycles. The molecule has 0 spiro atoms. The number of thioether (sulfide) groups is 1. The molecule has 0 radical (unpaired) electrons. The summed E-state index contributed by atoms with van der Waals surface area (Å²) < 4.78 is 6.77. The van der Waals surface area contributed by atoms with Gasteiger partial charge in [0.1, 0.15) is 0 Å². The van der Waals surface area contributed by atoms with Gasteiger partial charge in [0.2, 0.25) is 5.89 Å². The first kappa shape index (κ1) is 15.8. The van der Waals surface area contributed by atoms with Crippen LogP contribution < -0.4 is 5.32 Å². The van der Waals surface area contributed by atoms with Crippen molar-refractivity contribution in [3.05, 3.63) is 40.2 Å². The molecule has 108 valence electrons. The maximum absolute atomic E-state index is 5.68. The summed E-state index contributed by atoms with van der Waals surface area (Å²) in [5.41, 5.74) is 1.24. The summed E-state index contributed by atoms with van der Waals surface area (Å²) in [6.45, 7) is 1.04. The fraction of sp³-hybridized carbons (Fsp3) is 0.385. The van der Waals surface area contributed by atoms with Crippen LogP contribution in [0.2, 0.25) is 0 Å². The van der Waals surface area contributed by atoms with Gasteiger partial charge in [-0.2, -0.15) is 0 Å². The SMILES string of the molecule is Brc1ccc(CSc2nnc(C3CCCN3)o2)cc1.Cl. The lowest BCUT2D eigenvalue weighted by molar-refractivity contribution is 0.374. The number of benzene rings is 1. The molecule has 20 heavy (non-hydrogen) atoms. The molecule has 7 heteroatoms. The Kier molecular flexibility index (Phi) is 5.89. The second kappa shape index (κ2) is 7.45. The van der Waals surface area contributed by atoms with Crippen LogP contribution in [0.25, 0.3) is 0 Å². The zero-order chi connectivity index (χ0) is 13.1. The van der Waals surface area contributed by atoms with Crippen molar-refractivity contribution in [2.24, 2.45) is 0 Å². The molecule has 1 aliphatic rings. The molecule has 1 unspecified atom stereocenters. The van der Waals surface area contributed by atoms with Gasteiger partial charge in [-0.3, -0.25) is 0 Å². The lowest BCUT2D eigenvalue weighted by Crippen LogP contribution is -2.12. The smallest absolute Gasteiger partial charge is 0.276 e. The predicted octanol–water partition coefficient (Wildman–Crippen LogP) is 3.97. The first-order valence-electron chi connectivity index (χ1n) is 6.25. The van der Waals surface area contributed by atoms with Crippen molar-refractivity contribution in [3.63, 3.8) is 0 Å². The van der Waals surface area contributed by atoms with E-state index in [1.165, 1.54) is 12.0 Å². The number of nitrogens with one attached hydrogen (secondary N) is 1. The number of halogens is 2. The molecular weight excluding hydrogens is 362 g/mol. The van der Waals surface area contributed by atoms with Crippen molar-refractivity contribution in [1.82, 2.24) is 15.5 Å². The zero-order valence-electron chi connectivity index (χ0n) is 10.7. The van der Waals surface area contributed by atoms with E-state index in [1.54, 1.807) is 11.8 Å². The molecular formula is C13H15BrClN3OS. The third kappa shape index (κ3) is 3.97. The first-order chi connectivity index (χ1) is 9.31. The van der Waals surface area contributed by atoms with Crippen molar-refractivity contribution in [3.8, 4) is 0 Å². The highest BCUT2D eigenvalue weighted by Gasteiger charge is 2.22. The molecule has 1 saturated heterocycles. The second-order valence-electron chi connectivity index (χ2n) is 4.47. The highest BCUT2D eigenvalue weighted by Crippen LogP contribution is 2.27. The molecule has 1 aromatic carbocycles. The average molecular weight is 377 g/mol. The number of hydrogen-bond acceptors (Lipinski definition) is 5. The van der Waals surface area contributed by atoms with Crippen molar-refractivity contribution in [1.29, 1.82) is 0 Å². The third-order valence-electron chi connectivity index (χ3n) is 3.06. The van der Waals surface area contributed by atoms with Crippen LogP contribution >= 0.6 is 40.1 Å². The fourth-order valence-electron chi connectivity index (χ4n) is 2.04. The first-order valence-corrected chi connectivity index (χ1v) is 8.03. The minimum Gasteiger partial charge on any atom is -0.414 e. The van der Waals surface area contributed by atoms with Crippen LogP contribution in [0.15, 0.2) is 38.4 Å². The molecule has 1 aromatic heterocycles. The van der Waals surface area contributed by atoms with Gasteiger partial charge in [0.05, 0.1) is 6.04 Å². The normalized spacial score (nSPS) is 17.9. The van der Waals surface area contributed by atoms with Crippen molar-refractivity contribution in [2.45, 2.75) is 29.9 Å². The minimum atomic E-state index is 0. The summed E-state index contributed by atoms with van der Waals surface area (Å²) in [5.74, 6) is 1.56. The number of hydrogen-bond donors (Lipinski definition) is 1. The van der Waals surface area contributed by atoms with Crippen molar-refractivity contribution < 1.29 is 4.42 Å². The van der Waals surface area contributed by atoms with Crippen LogP contribution in [0.1, 0.15) is 30.3 Å². The topological polar surface area (TPSA) is 51.0 Å². The Labute approximate surface area is 136 Å². The summed E-state index contributed by atoms with van der Waals surface area (Å²) in [6.07, 6.45) is 2.26. The molecule has 0 amide bonds. The molecule has 4 nitrogen and oxygen atoms in total. The predicted molar refractivity (Wildman–Crippen MR) is 85.2 cm³/mol. The number of nitrogens with zero attached hydrogens (tertiary/aromatic N) is 2. The summed E-state index contributed by atoms with van der Waals surface area (Å²) in [5, 5.41) is 12.2. The van der Waals surface area contributed by atoms with E-state index < -0.39 is 0 Å². The third-order valence-corrected chi connectivity index (χ3v) is 4.47. The fourth-order valence-corrected chi connectivity index (χ4v) is 3.03. The van der Waals surface area contributed by atoms with Gasteiger partial charge in [-0.05, 0) is 37.1 Å². The molecule has 3 rings (SSSR count). The lowest BCUT2D eigenvalue weighted by atomic mass is 10.2. The zero-order valence-corrected chi connectivity index (χ0v) is 13.9. The van der Waals surface area contributed by atoms with E-state index in [0.29, 0.717) is 5.22 Å². The van der Waals surface area contributed by atoms with Crippen LogP contribution in [0.3, 0.4) is 0 Å². The van der Waals surface area contributed by atoms with Gasteiger partial charge in [0.15, 0.2) is 0 Å². The molecule has 1 fully saturated rings. The summed E-state index contributed by atoms with van der Waals surface area (Å²) in [7, 11) is 0. The molecule has 0 saturated carbocycles. The van der Waals surface area contributed by atoms with Crippen molar-refractivity contribution >= 4 is 40.1 Å². The molecule has 2 aromatic rings. The van der Waals surface area contributed by atoms with E-state index in [1.807, 2.05) is 12.1 Å². The number of rotatable bonds is 4. The van der Waals surface area contributed by atoms with E-state index in [0.717, 1.165) is 29.1 Å². The standard InChI is InChI=1S/C13H14BrN3OS.ClH/c14-10-5-3-9(4-6-10)8-19-13-17-16-12(18-13)11-2-1-7-15-11;/h3-6,11,15H,1-2,7-8H2;1H. The van der Waals surface area contributed by atoms with Crippen LogP contribution in [-0.4, -0.2) is 16.7 Å². The lowest BCUT2D eigenvalue weighted by Gasteiger charge is -2.02.